The molecule has 3 rings (SSSR count). The zero-order valence-corrected chi connectivity index (χ0v) is 52.5. The molecule has 3 aliphatic heterocycles. The molecule has 12 amide bonds. The molecule has 3 heterocycles. The third kappa shape index (κ3) is 24.8. The van der Waals surface area contributed by atoms with Gasteiger partial charge in [0.1, 0.15) is 54.4 Å². The molecule has 0 aliphatic carbocycles. The van der Waals surface area contributed by atoms with Crippen LogP contribution in [0.4, 0.5) is 0 Å². The lowest BCUT2D eigenvalue weighted by atomic mass is 10.00. The fraction of sp³-hybridized carbons (Fsp3) is 0.690. The molecule has 0 bridgehead atoms. The maximum atomic E-state index is 14.2. The zero-order valence-electron chi connectivity index (χ0n) is 52.5. The molecule has 0 spiro atoms. The maximum Gasteiger partial charge on any atom is 0.305 e. The number of carboxylic acids is 4. The van der Waals surface area contributed by atoms with Crippen LogP contribution in [0, 0.1) is 11.8 Å². The predicted octanol–water partition coefficient (Wildman–Crippen LogP) is -3.31. The number of nitrogens with zero attached hydrogens (tertiary/aromatic N) is 3. The topological polar surface area (TPSA) is 498 Å². The molecular weight excluding hydrogens is 1200 g/mol. The minimum Gasteiger partial charge on any atom is -0.481 e. The van der Waals surface area contributed by atoms with Gasteiger partial charge in [-0.2, -0.15) is 0 Å². The van der Waals surface area contributed by atoms with Gasteiger partial charge in [0, 0.05) is 32.6 Å². The van der Waals surface area contributed by atoms with Crippen LogP contribution < -0.4 is 53.6 Å². The number of piperidine rings is 1. The van der Waals surface area contributed by atoms with E-state index in [1.165, 1.54) is 22.8 Å². The van der Waals surface area contributed by atoms with Crippen LogP contribution in [-0.2, 0) is 76.7 Å². The van der Waals surface area contributed by atoms with Gasteiger partial charge in [0.05, 0.1) is 44.8 Å². The quantitative estimate of drug-likeness (QED) is 0.0214. The molecule has 15 N–H and O–H groups in total. The Labute approximate surface area is 526 Å². The Balaban J connectivity index is 1.63. The Kier molecular flexibility index (Phi) is 31.4. The standard InChI is InChI=1S/C58H91N13O20/c1-8-31(4)18-13-11-9-10-12-14-21-40(72)64-36(26-45(79)80)56(89)69(7)39(27-46(81)82)54(87)65-35(25-44(77)78)51(84)60-28-41(73)63-34(24-43(75)76)50(83)61-29-42(74)66-48(32(5)59)55(88)67-47(30(2)3)57(90)71-23-17-20-38(71)53(86)68-49-33(6)62-52(85)37-19-15-16-22-70(37)58(49)91/h12,14,30-39,47-49H,8-11,13,15-29,59H2,1-7H3,(H,60,84)(H,61,83)(H,62,85)(H,63,73)(H,64,72)(H,65,87)(H,66,74)(H,67,88)(H,68,86)(H,75,76)(H,77,78)(H,79,80)(H,81,82)/b14-12+/t31?,32-,33?,34-,35-,36-,37+,38-,39-,47-,48+,49?/m0/s1. The highest BCUT2D eigenvalue weighted by Crippen LogP contribution is 2.25. The van der Waals surface area contributed by atoms with Gasteiger partial charge < -0.3 is 88.7 Å². The van der Waals surface area contributed by atoms with Crippen LogP contribution in [-0.4, -0.2) is 230 Å². The van der Waals surface area contributed by atoms with E-state index in [1.807, 2.05) is 16.0 Å². The number of carbonyl (C=O) groups is 16. The van der Waals surface area contributed by atoms with Crippen LogP contribution in [0.15, 0.2) is 12.2 Å². The number of carbonyl (C=O) groups excluding carboxylic acids is 12. The molecule has 3 saturated heterocycles. The number of amides is 12. The first-order chi connectivity index (χ1) is 42.8. The van der Waals surface area contributed by atoms with Crippen LogP contribution in [0.1, 0.15) is 144 Å². The molecule has 0 aromatic carbocycles. The average Bonchev–Trinajstić information content (AvgIpc) is 1.79. The van der Waals surface area contributed by atoms with E-state index >= 15 is 0 Å². The van der Waals surface area contributed by atoms with E-state index < -0.39 is 200 Å². The van der Waals surface area contributed by atoms with Gasteiger partial charge in [-0.25, -0.2) is 0 Å². The van der Waals surface area contributed by atoms with Gasteiger partial charge in [-0.1, -0.05) is 65.5 Å². The Bertz CT molecular complexity index is 2710. The first-order valence-electron chi connectivity index (χ1n) is 30.6. The van der Waals surface area contributed by atoms with E-state index in [4.69, 9.17) is 5.73 Å². The number of fused-ring (bicyclic) bond motifs is 1. The van der Waals surface area contributed by atoms with Crippen molar-refractivity contribution in [3.63, 3.8) is 0 Å². The number of aliphatic carboxylic acids is 4. The second kappa shape index (κ2) is 37.4. The van der Waals surface area contributed by atoms with E-state index in [1.54, 1.807) is 26.8 Å². The van der Waals surface area contributed by atoms with Gasteiger partial charge in [0.15, 0.2) is 0 Å². The van der Waals surface area contributed by atoms with Gasteiger partial charge in [0.2, 0.25) is 70.9 Å². The summed E-state index contributed by atoms with van der Waals surface area (Å²) in [5.41, 5.74) is 6.09. The second-order valence-electron chi connectivity index (χ2n) is 23.6. The number of likely N-dealkylation sites (N-methyl/N-ethyl adjacent to an activating group) is 1. The van der Waals surface area contributed by atoms with Crippen molar-refractivity contribution in [1.29, 1.82) is 0 Å². The summed E-state index contributed by atoms with van der Waals surface area (Å²) in [4.78, 5) is 212. The summed E-state index contributed by atoms with van der Waals surface area (Å²) >= 11 is 0. The van der Waals surface area contributed by atoms with Crippen molar-refractivity contribution in [2.75, 3.05) is 33.2 Å². The van der Waals surface area contributed by atoms with Crippen molar-refractivity contribution >= 4 is 94.8 Å². The number of rotatable bonds is 37. The Hall–Kier alpha value is -8.78. The van der Waals surface area contributed by atoms with Crippen molar-refractivity contribution in [3.05, 3.63) is 12.2 Å². The number of carboxylic acid groups (broad SMARTS) is 4. The summed E-state index contributed by atoms with van der Waals surface area (Å²) in [5, 5.41) is 59.3. The molecule has 0 aromatic heterocycles. The number of allylic oxidation sites excluding steroid dienone is 1. The molecular formula is C58H91N13O20. The lowest BCUT2D eigenvalue weighted by Crippen LogP contribution is -2.62. The Morgan fingerprint density at radius 1 is 0.648 bits per heavy atom. The molecule has 0 radical (unpaired) electrons. The highest BCUT2D eigenvalue weighted by Gasteiger charge is 2.46. The highest BCUT2D eigenvalue weighted by atomic mass is 16.4. The molecule has 508 valence electrons. The largest absolute Gasteiger partial charge is 0.481 e. The summed E-state index contributed by atoms with van der Waals surface area (Å²) in [7, 11) is 0.907. The number of hydrogen-bond donors (Lipinski definition) is 14. The first kappa shape index (κ1) is 76.5. The summed E-state index contributed by atoms with van der Waals surface area (Å²) in [6, 6.07) is -15.5. The van der Waals surface area contributed by atoms with E-state index in [2.05, 4.69) is 45.7 Å². The summed E-state index contributed by atoms with van der Waals surface area (Å²) in [6.07, 6.45) is 6.79. The minimum atomic E-state index is -2.10. The summed E-state index contributed by atoms with van der Waals surface area (Å²) in [6.45, 7) is 8.84. The molecule has 3 aliphatic rings. The zero-order chi connectivity index (χ0) is 68.4. The normalized spacial score (nSPS) is 19.8. The van der Waals surface area contributed by atoms with Gasteiger partial charge in [-0.15, -0.1) is 0 Å². The number of nitrogens with one attached hydrogen (secondary N) is 9. The summed E-state index contributed by atoms with van der Waals surface area (Å²) < 4.78 is 0. The smallest absolute Gasteiger partial charge is 0.305 e. The van der Waals surface area contributed by atoms with Gasteiger partial charge in [0.25, 0.3) is 0 Å². The fourth-order valence-corrected chi connectivity index (χ4v) is 10.5. The Morgan fingerprint density at radius 2 is 1.22 bits per heavy atom. The van der Waals surface area contributed by atoms with Crippen LogP contribution in [0.2, 0.25) is 0 Å². The number of unbranched alkanes of at least 4 members (excludes halogenated alkanes) is 3. The molecule has 33 heteroatoms. The van der Waals surface area contributed by atoms with Crippen LogP contribution in [0.3, 0.4) is 0 Å². The van der Waals surface area contributed by atoms with Crippen molar-refractivity contribution in [2.24, 2.45) is 17.6 Å². The summed E-state index contributed by atoms with van der Waals surface area (Å²) in [5.74, 6) is -18.1. The van der Waals surface area contributed by atoms with Crippen molar-refractivity contribution in [1.82, 2.24) is 62.6 Å². The lowest BCUT2D eigenvalue weighted by Gasteiger charge is -2.35. The number of likely N-dealkylation sites (tertiary alicyclic amines) is 1. The second-order valence-corrected chi connectivity index (χ2v) is 23.6. The van der Waals surface area contributed by atoms with Crippen LogP contribution >= 0.6 is 0 Å². The van der Waals surface area contributed by atoms with Crippen molar-refractivity contribution < 1.29 is 97.1 Å². The van der Waals surface area contributed by atoms with E-state index in [0.29, 0.717) is 43.0 Å². The number of nitrogens with two attached hydrogens (primary N) is 1. The lowest BCUT2D eigenvalue weighted by molar-refractivity contribution is -0.150. The SMILES string of the molecule is CCC(C)CCCCC/C=C/CC(=O)N[C@@H](CC(=O)O)C(=O)N(C)[C@@H](CC(=O)O)C(=O)N[C@@H](CC(=O)O)C(=O)NCC(=O)N[C@@H](CC(=O)O)C(=O)NCC(=O)N[C@@H](C(=O)N[C@H](C(=O)N1CCC[C@H]1C(=O)NC1C(=O)N2CCCC[C@@H]2C(=O)NC1C)C(C)C)[C@H](C)N. The monoisotopic (exact) mass is 1290 g/mol. The molecule has 0 saturated carbocycles. The van der Waals surface area contributed by atoms with Gasteiger partial charge >= 0.3 is 23.9 Å². The third-order valence-electron chi connectivity index (χ3n) is 15.8. The van der Waals surface area contributed by atoms with Gasteiger partial charge in [-0.3, -0.25) is 76.7 Å². The van der Waals surface area contributed by atoms with Gasteiger partial charge in [-0.05, 0) is 70.6 Å². The van der Waals surface area contributed by atoms with E-state index in [9.17, 15) is 97.1 Å². The predicted molar refractivity (Wildman–Crippen MR) is 320 cm³/mol. The molecule has 0 aromatic rings. The Morgan fingerprint density at radius 3 is 1.79 bits per heavy atom. The molecule has 12 atom stereocenters. The highest BCUT2D eigenvalue weighted by molar-refractivity contribution is 6.01. The number of hydrogen-bond acceptors (Lipinski definition) is 17. The minimum absolute atomic E-state index is 0.110. The molecule has 91 heavy (non-hydrogen) atoms. The fourth-order valence-electron chi connectivity index (χ4n) is 10.5. The maximum absolute atomic E-state index is 14.2. The molecule has 3 unspecified atom stereocenters. The van der Waals surface area contributed by atoms with Crippen LogP contribution in [0.5, 0.6) is 0 Å². The van der Waals surface area contributed by atoms with Crippen LogP contribution in [0.25, 0.3) is 0 Å². The van der Waals surface area contributed by atoms with Crippen molar-refractivity contribution in [2.45, 2.75) is 211 Å². The third-order valence-corrected chi connectivity index (χ3v) is 15.8. The van der Waals surface area contributed by atoms with Crippen molar-refractivity contribution in [3.8, 4) is 0 Å². The van der Waals surface area contributed by atoms with E-state index in [0.717, 1.165) is 45.6 Å². The molecule has 3 fully saturated rings. The average molecular weight is 1290 g/mol. The first-order valence-corrected chi connectivity index (χ1v) is 30.6. The molecule has 33 nitrogen and oxygen atoms in total. The van der Waals surface area contributed by atoms with E-state index in [-0.39, 0.29) is 25.3 Å².